The van der Waals surface area contributed by atoms with Crippen LogP contribution in [0.15, 0.2) is 4.99 Å². The van der Waals surface area contributed by atoms with Crippen molar-refractivity contribution in [2.45, 2.75) is 114 Å². The molecule has 0 aromatic rings. The minimum Gasteiger partial charge on any atom is -0.481 e. The van der Waals surface area contributed by atoms with Crippen LogP contribution in [0, 0.1) is 5.92 Å². The van der Waals surface area contributed by atoms with Crippen molar-refractivity contribution in [1.29, 1.82) is 0 Å². The lowest BCUT2D eigenvalue weighted by atomic mass is 10.0. The molecule has 0 fully saturated rings. The van der Waals surface area contributed by atoms with Crippen molar-refractivity contribution in [3.05, 3.63) is 0 Å². The number of rotatable bonds is 31. The Bertz CT molecular complexity index is 1730. The van der Waals surface area contributed by atoms with Gasteiger partial charge in [0.15, 0.2) is 5.96 Å². The number of primary amides is 1. The molecule has 20 N–H and O–H groups in total. The van der Waals surface area contributed by atoms with E-state index in [0.717, 1.165) is 6.92 Å². The number of aliphatic carboxylic acids is 2. The van der Waals surface area contributed by atoms with Gasteiger partial charge in [0.05, 0.1) is 38.1 Å². The van der Waals surface area contributed by atoms with Gasteiger partial charge in [0.25, 0.3) is 0 Å². The number of carboxylic acid groups (broad SMARTS) is 2. The Balaban J connectivity index is 5.80. The number of guanidine groups is 1. The standard InChI is InChI=1S/C36H63N13O15S/c1-15(2)26(48-31(59)21(12-23(38)52)46-28(56)16(3)43-30(58)19(8-10-65-5)45-29(57)18(37)11-25(54)55)34(62)47-22(14-50)32(60)49-27(17(4)51)33(61)42-13-24(53)44-20(35(63)64)7-6-9-41-36(39)40/h15-22,26-27,50-51H,6-14,37H2,1-5H3,(H2,38,52)(H,42,61)(H,43,58)(H,44,53)(H,45,57)(H,46,56)(H,47,62)(H,48,59)(H,49,60)(H,54,55)(H,63,64)(H4,39,40,41)/t16-,17+,18-,19-,20-,21-,22-,26-,27-/m0/s1. The molecule has 9 atom stereocenters. The van der Waals surface area contributed by atoms with Crippen molar-refractivity contribution in [2.24, 2.45) is 33.8 Å². The van der Waals surface area contributed by atoms with E-state index >= 15 is 0 Å². The first-order valence-corrected chi connectivity index (χ1v) is 21.4. The van der Waals surface area contributed by atoms with Gasteiger partial charge in [-0.25, -0.2) is 4.79 Å². The minimum absolute atomic E-state index is 0.0528. The largest absolute Gasteiger partial charge is 0.481 e. The van der Waals surface area contributed by atoms with Crippen LogP contribution in [0.4, 0.5) is 0 Å². The number of nitrogens with one attached hydrogen (secondary N) is 8. The normalized spacial score (nSPS) is 15.0. The van der Waals surface area contributed by atoms with E-state index in [0.29, 0.717) is 5.75 Å². The maximum atomic E-state index is 13.5. The van der Waals surface area contributed by atoms with Crippen LogP contribution in [0.5, 0.6) is 0 Å². The Morgan fingerprint density at radius 1 is 0.631 bits per heavy atom. The molecular weight excluding hydrogens is 887 g/mol. The van der Waals surface area contributed by atoms with Crippen LogP contribution < -0.4 is 65.5 Å². The van der Waals surface area contributed by atoms with Gasteiger partial charge in [-0.1, -0.05) is 13.8 Å². The molecular formula is C36H63N13O15S. The number of thioether (sulfide) groups is 1. The quantitative estimate of drug-likeness (QED) is 0.0174. The molecule has 28 nitrogen and oxygen atoms in total. The second-order valence-electron chi connectivity index (χ2n) is 14.8. The molecule has 0 saturated heterocycles. The summed E-state index contributed by atoms with van der Waals surface area (Å²) >= 11 is 1.32. The van der Waals surface area contributed by atoms with E-state index < -0.39 is 151 Å². The number of hydrogen-bond acceptors (Lipinski definition) is 16. The van der Waals surface area contributed by atoms with Crippen molar-refractivity contribution >= 4 is 82.8 Å². The van der Waals surface area contributed by atoms with Crippen molar-refractivity contribution in [1.82, 2.24) is 42.5 Å². The minimum atomic E-state index is -1.81. The molecule has 0 bridgehead atoms. The highest BCUT2D eigenvalue weighted by Gasteiger charge is 2.35. The second kappa shape index (κ2) is 29.9. The first-order chi connectivity index (χ1) is 30.2. The van der Waals surface area contributed by atoms with Crippen molar-refractivity contribution in [3.63, 3.8) is 0 Å². The van der Waals surface area contributed by atoms with E-state index in [1.807, 2.05) is 0 Å². The first kappa shape index (κ1) is 58.7. The van der Waals surface area contributed by atoms with Gasteiger partial charge in [0.2, 0.25) is 53.2 Å². The maximum absolute atomic E-state index is 13.5. The first-order valence-electron chi connectivity index (χ1n) is 20.0. The van der Waals surface area contributed by atoms with E-state index in [-0.39, 0.29) is 31.8 Å². The fourth-order valence-corrected chi connectivity index (χ4v) is 5.81. The molecule has 0 unspecified atom stereocenters. The highest BCUT2D eigenvalue weighted by Crippen LogP contribution is 2.07. The zero-order valence-corrected chi connectivity index (χ0v) is 37.4. The lowest BCUT2D eigenvalue weighted by Gasteiger charge is -2.28. The number of nitrogens with two attached hydrogens (primary N) is 4. The monoisotopic (exact) mass is 949 g/mol. The molecule has 0 aliphatic carbocycles. The smallest absolute Gasteiger partial charge is 0.326 e. The molecule has 0 aromatic heterocycles. The fraction of sp³-hybridized carbons (Fsp3) is 0.667. The molecule has 0 aliphatic rings. The topological polar surface area (TPSA) is 481 Å². The molecule has 0 spiro atoms. The van der Waals surface area contributed by atoms with Gasteiger partial charge in [-0.3, -0.25) is 52.9 Å². The highest BCUT2D eigenvalue weighted by atomic mass is 32.2. The van der Waals surface area contributed by atoms with E-state index in [9.17, 15) is 68.1 Å². The Labute approximate surface area is 377 Å². The summed E-state index contributed by atoms with van der Waals surface area (Å²) in [5.74, 6) is -12.7. The highest BCUT2D eigenvalue weighted by molar-refractivity contribution is 7.98. The van der Waals surface area contributed by atoms with Crippen LogP contribution >= 0.6 is 11.8 Å². The van der Waals surface area contributed by atoms with Gasteiger partial charge < -0.3 is 85.9 Å². The number of nitrogens with zero attached hydrogens (tertiary/aromatic N) is 1. The molecule has 0 radical (unpaired) electrons. The van der Waals surface area contributed by atoms with Crippen LogP contribution in [-0.4, -0.2) is 178 Å². The lowest BCUT2D eigenvalue weighted by molar-refractivity contribution is -0.142. The predicted octanol–water partition coefficient (Wildman–Crippen LogP) is -7.89. The molecule has 368 valence electrons. The molecule has 0 saturated carbocycles. The summed E-state index contributed by atoms with van der Waals surface area (Å²) in [5, 5.41) is 56.6. The Hall–Kier alpha value is -6.33. The van der Waals surface area contributed by atoms with Crippen LogP contribution in [0.2, 0.25) is 0 Å². The van der Waals surface area contributed by atoms with Crippen LogP contribution in [-0.2, 0) is 52.7 Å². The van der Waals surface area contributed by atoms with Crippen molar-refractivity contribution < 1.29 is 73.2 Å². The summed E-state index contributed by atoms with van der Waals surface area (Å²) < 4.78 is 0. The van der Waals surface area contributed by atoms with E-state index in [4.69, 9.17) is 28.0 Å². The van der Waals surface area contributed by atoms with E-state index in [1.165, 1.54) is 32.5 Å². The Morgan fingerprint density at radius 2 is 1.18 bits per heavy atom. The van der Waals surface area contributed by atoms with Gasteiger partial charge in [-0.05, 0) is 51.0 Å². The van der Waals surface area contributed by atoms with E-state index in [1.54, 1.807) is 6.26 Å². The molecule has 0 rings (SSSR count). The maximum Gasteiger partial charge on any atom is 0.326 e. The zero-order valence-electron chi connectivity index (χ0n) is 36.6. The van der Waals surface area contributed by atoms with Crippen LogP contribution in [0.25, 0.3) is 0 Å². The third-order valence-corrected chi connectivity index (χ3v) is 9.54. The lowest BCUT2D eigenvalue weighted by Crippen LogP contribution is -2.62. The average molecular weight is 950 g/mol. The zero-order chi connectivity index (χ0) is 50.1. The van der Waals surface area contributed by atoms with E-state index in [2.05, 4.69) is 47.5 Å². The van der Waals surface area contributed by atoms with Gasteiger partial charge in [0, 0.05) is 6.54 Å². The summed E-state index contributed by atoms with van der Waals surface area (Å²) in [5.41, 5.74) is 21.4. The number of amides is 9. The third kappa shape index (κ3) is 23.3. The number of aliphatic hydroxyl groups excluding tert-OH is 2. The Morgan fingerprint density at radius 3 is 1.69 bits per heavy atom. The predicted molar refractivity (Wildman–Crippen MR) is 230 cm³/mol. The van der Waals surface area contributed by atoms with Gasteiger partial charge in [-0.2, -0.15) is 11.8 Å². The molecule has 9 amide bonds. The summed E-state index contributed by atoms with van der Waals surface area (Å²) in [6, 6.07) is -12.3. The van der Waals surface area contributed by atoms with Crippen molar-refractivity contribution in [3.8, 4) is 0 Å². The number of carbonyl (C=O) groups is 11. The number of carbonyl (C=O) groups excluding carboxylic acids is 9. The van der Waals surface area contributed by atoms with Gasteiger partial charge >= 0.3 is 11.9 Å². The molecule has 29 heteroatoms. The second-order valence-corrected chi connectivity index (χ2v) is 15.8. The SMILES string of the molecule is CSCC[C@H](NC(=O)[C@@H](N)CC(=O)O)C(=O)N[C@@H](C)C(=O)N[C@@H](CC(N)=O)C(=O)N[C@H](C(=O)N[C@@H](CO)C(=O)N[C@H](C(=O)NCC(=O)N[C@@H](CCCN=C(N)N)C(=O)O)[C@@H](C)O)C(C)C. The number of carboxylic acids is 2. The molecule has 65 heavy (non-hydrogen) atoms. The third-order valence-electron chi connectivity index (χ3n) is 8.89. The van der Waals surface area contributed by atoms with Crippen molar-refractivity contribution in [2.75, 3.05) is 31.7 Å². The van der Waals surface area contributed by atoms with Crippen LogP contribution in [0.1, 0.15) is 59.8 Å². The molecule has 0 aromatic carbocycles. The summed E-state index contributed by atoms with van der Waals surface area (Å²) in [6.07, 6.45) is -1.25. The summed E-state index contributed by atoms with van der Waals surface area (Å²) in [6.45, 7) is 3.46. The summed E-state index contributed by atoms with van der Waals surface area (Å²) in [4.78, 5) is 142. The molecule has 0 aliphatic heterocycles. The fourth-order valence-electron chi connectivity index (χ4n) is 5.34. The number of hydrogen-bond donors (Lipinski definition) is 16. The summed E-state index contributed by atoms with van der Waals surface area (Å²) in [7, 11) is 0. The Kier molecular flexibility index (Phi) is 27.0. The number of aliphatic imine (C=N–C) groups is 1. The number of aliphatic hydroxyl groups is 2. The van der Waals surface area contributed by atoms with Gasteiger partial charge in [0.1, 0.15) is 42.3 Å². The van der Waals surface area contributed by atoms with Crippen LogP contribution in [0.3, 0.4) is 0 Å². The average Bonchev–Trinajstić information content (AvgIpc) is 3.20. The van der Waals surface area contributed by atoms with Gasteiger partial charge in [-0.15, -0.1) is 0 Å². The molecule has 0 heterocycles.